The van der Waals surface area contributed by atoms with E-state index in [4.69, 9.17) is 37.9 Å². The van der Waals surface area contributed by atoms with Gasteiger partial charge in [-0.15, -0.1) is 0 Å². The van der Waals surface area contributed by atoms with Crippen LogP contribution in [0.3, 0.4) is 0 Å². The monoisotopic (exact) mass is 384 g/mol. The van der Waals surface area contributed by atoms with Crippen LogP contribution in [0.5, 0.6) is 17.2 Å². The summed E-state index contributed by atoms with van der Waals surface area (Å²) in [6, 6.07) is 12.9. The highest BCUT2D eigenvalue weighted by Gasteiger charge is 2.19. The van der Waals surface area contributed by atoms with Crippen molar-refractivity contribution in [1.29, 1.82) is 0 Å². The first-order chi connectivity index (χ1) is 13.0. The fourth-order valence-electron chi connectivity index (χ4n) is 2.78. The maximum atomic E-state index is 5.89. The maximum absolute atomic E-state index is 5.89. The molecule has 7 nitrogen and oxygen atoms in total. The summed E-state index contributed by atoms with van der Waals surface area (Å²) in [6.07, 6.45) is 0. The number of nitrogen functional groups attached to an aromatic ring is 1. The third kappa shape index (κ3) is 3.52. The molecule has 0 aliphatic rings. The van der Waals surface area contributed by atoms with Crippen molar-refractivity contribution in [3.8, 4) is 39.8 Å². The second-order valence-corrected chi connectivity index (χ2v) is 6.12. The van der Waals surface area contributed by atoms with Crippen LogP contribution in [0.25, 0.3) is 22.5 Å². The molecule has 1 aromatic heterocycles. The SMILES string of the molecule is COc1cc(-c2cc(-c3ccc(N)cc3)nn2C(N)=S)cc(OC)c1OC. The van der Waals surface area contributed by atoms with E-state index in [9.17, 15) is 0 Å². The van der Waals surface area contributed by atoms with Crippen LogP contribution in [-0.2, 0) is 0 Å². The van der Waals surface area contributed by atoms with Crippen LogP contribution in [-0.4, -0.2) is 36.2 Å². The van der Waals surface area contributed by atoms with E-state index in [1.807, 2.05) is 42.5 Å². The summed E-state index contributed by atoms with van der Waals surface area (Å²) in [5, 5.41) is 4.66. The number of aromatic nitrogens is 2. The zero-order valence-electron chi connectivity index (χ0n) is 15.2. The molecule has 0 atom stereocenters. The van der Waals surface area contributed by atoms with E-state index in [1.165, 1.54) is 4.68 Å². The Bertz CT molecular complexity index is 958. The molecule has 3 rings (SSSR count). The van der Waals surface area contributed by atoms with Crippen molar-refractivity contribution in [2.24, 2.45) is 5.73 Å². The van der Waals surface area contributed by atoms with Crippen LogP contribution >= 0.6 is 12.2 Å². The van der Waals surface area contributed by atoms with Crippen LogP contribution in [0.1, 0.15) is 0 Å². The van der Waals surface area contributed by atoms with Crippen LogP contribution in [0, 0.1) is 0 Å². The number of thiocarbonyl (C=S) groups is 1. The van der Waals surface area contributed by atoms with Crippen LogP contribution in [0.4, 0.5) is 5.69 Å². The lowest BCUT2D eigenvalue weighted by atomic mass is 10.1. The van der Waals surface area contributed by atoms with Crippen molar-refractivity contribution in [3.05, 3.63) is 42.5 Å². The summed E-state index contributed by atoms with van der Waals surface area (Å²) in [7, 11) is 4.68. The molecule has 3 aromatic rings. The average Bonchev–Trinajstić information content (AvgIpc) is 3.13. The van der Waals surface area contributed by atoms with Crippen LogP contribution in [0.2, 0.25) is 0 Å². The quantitative estimate of drug-likeness (QED) is 0.515. The van der Waals surface area contributed by atoms with Gasteiger partial charge in [-0.05, 0) is 42.5 Å². The lowest BCUT2D eigenvalue weighted by molar-refractivity contribution is 0.324. The van der Waals surface area contributed by atoms with Gasteiger partial charge in [0.25, 0.3) is 0 Å². The Morgan fingerprint density at radius 1 is 0.926 bits per heavy atom. The Morgan fingerprint density at radius 3 is 2.00 bits per heavy atom. The minimum atomic E-state index is 0.125. The zero-order valence-corrected chi connectivity index (χ0v) is 16.0. The first-order valence-corrected chi connectivity index (χ1v) is 8.45. The number of methoxy groups -OCH3 is 3. The van der Waals surface area contributed by atoms with E-state index in [2.05, 4.69) is 5.10 Å². The average molecular weight is 384 g/mol. The predicted molar refractivity (Wildman–Crippen MR) is 109 cm³/mol. The number of nitrogens with two attached hydrogens (primary N) is 2. The van der Waals surface area contributed by atoms with Crippen molar-refractivity contribution in [1.82, 2.24) is 9.78 Å². The van der Waals surface area contributed by atoms with E-state index in [-0.39, 0.29) is 5.11 Å². The molecule has 0 amide bonds. The van der Waals surface area contributed by atoms with Gasteiger partial charge in [0.05, 0.1) is 32.7 Å². The van der Waals surface area contributed by atoms with Gasteiger partial charge in [0.1, 0.15) is 0 Å². The molecule has 0 unspecified atom stereocenters. The Labute approximate surface area is 162 Å². The topological polar surface area (TPSA) is 97.6 Å². The zero-order chi connectivity index (χ0) is 19.6. The van der Waals surface area contributed by atoms with E-state index in [0.29, 0.717) is 34.3 Å². The maximum Gasteiger partial charge on any atom is 0.203 e. The van der Waals surface area contributed by atoms with E-state index in [0.717, 1.165) is 11.1 Å². The van der Waals surface area contributed by atoms with Gasteiger partial charge in [-0.3, -0.25) is 0 Å². The molecule has 0 saturated carbocycles. The van der Waals surface area contributed by atoms with E-state index in [1.54, 1.807) is 21.3 Å². The molecule has 27 heavy (non-hydrogen) atoms. The summed E-state index contributed by atoms with van der Waals surface area (Å²) in [4.78, 5) is 0. The second-order valence-electron chi connectivity index (χ2n) is 5.70. The van der Waals surface area contributed by atoms with Gasteiger partial charge in [0.15, 0.2) is 16.6 Å². The first kappa shape index (κ1) is 18.5. The number of rotatable bonds is 5. The lowest BCUT2D eigenvalue weighted by Gasteiger charge is -2.14. The van der Waals surface area contributed by atoms with Crippen LogP contribution < -0.4 is 25.7 Å². The van der Waals surface area contributed by atoms with Gasteiger partial charge in [0.2, 0.25) is 5.75 Å². The summed E-state index contributed by atoms with van der Waals surface area (Å²) >= 11 is 5.18. The van der Waals surface area contributed by atoms with E-state index < -0.39 is 0 Å². The number of ether oxygens (including phenoxy) is 3. The molecular weight excluding hydrogens is 364 g/mol. The third-order valence-corrected chi connectivity index (χ3v) is 4.26. The fourth-order valence-corrected chi connectivity index (χ4v) is 2.92. The Morgan fingerprint density at radius 2 is 1.52 bits per heavy atom. The van der Waals surface area contributed by atoms with Crippen molar-refractivity contribution >= 4 is 23.0 Å². The number of nitrogens with zero attached hydrogens (tertiary/aromatic N) is 2. The smallest absolute Gasteiger partial charge is 0.203 e. The van der Waals surface area contributed by atoms with Gasteiger partial charge < -0.3 is 25.7 Å². The highest BCUT2D eigenvalue weighted by atomic mass is 32.1. The molecule has 0 fully saturated rings. The molecule has 140 valence electrons. The van der Waals surface area contributed by atoms with Crippen molar-refractivity contribution in [2.75, 3.05) is 27.1 Å². The van der Waals surface area contributed by atoms with Crippen molar-refractivity contribution in [2.45, 2.75) is 0 Å². The van der Waals surface area contributed by atoms with Gasteiger partial charge in [-0.25, -0.2) is 4.68 Å². The summed E-state index contributed by atoms with van der Waals surface area (Å²) < 4.78 is 17.7. The highest BCUT2D eigenvalue weighted by molar-refractivity contribution is 7.80. The molecule has 0 aliphatic carbocycles. The molecule has 0 aliphatic heterocycles. The highest BCUT2D eigenvalue weighted by Crippen LogP contribution is 2.41. The molecule has 1 heterocycles. The molecule has 2 aromatic carbocycles. The summed E-state index contributed by atoms with van der Waals surface area (Å²) in [5.74, 6) is 1.55. The molecule has 4 N–H and O–H groups in total. The molecular formula is C19H20N4O3S. The second kappa shape index (κ2) is 7.55. The first-order valence-electron chi connectivity index (χ1n) is 8.04. The third-order valence-electron chi connectivity index (χ3n) is 4.09. The predicted octanol–water partition coefficient (Wildman–Crippen LogP) is 2.92. The fraction of sp³-hybridized carbons (Fsp3) is 0.158. The van der Waals surface area contributed by atoms with Crippen LogP contribution in [0.15, 0.2) is 42.5 Å². The summed E-state index contributed by atoms with van der Waals surface area (Å²) in [6.45, 7) is 0. The minimum Gasteiger partial charge on any atom is -0.493 e. The molecule has 0 bridgehead atoms. The molecule has 8 heteroatoms. The number of hydrogen-bond acceptors (Lipinski definition) is 6. The van der Waals surface area contributed by atoms with Gasteiger partial charge >= 0.3 is 0 Å². The molecule has 0 spiro atoms. The van der Waals surface area contributed by atoms with Gasteiger partial charge in [-0.1, -0.05) is 12.1 Å². The van der Waals surface area contributed by atoms with Gasteiger partial charge in [0, 0.05) is 16.8 Å². The summed E-state index contributed by atoms with van der Waals surface area (Å²) in [5.41, 5.74) is 15.4. The Balaban J connectivity index is 2.19. The van der Waals surface area contributed by atoms with E-state index >= 15 is 0 Å². The lowest BCUT2D eigenvalue weighted by Crippen LogP contribution is -2.21. The Hall–Kier alpha value is -3.26. The van der Waals surface area contributed by atoms with Crippen molar-refractivity contribution < 1.29 is 14.2 Å². The number of benzene rings is 2. The molecule has 0 radical (unpaired) electrons. The largest absolute Gasteiger partial charge is 0.493 e. The minimum absolute atomic E-state index is 0.125. The number of hydrogen-bond donors (Lipinski definition) is 2. The molecule has 0 saturated heterocycles. The van der Waals surface area contributed by atoms with Crippen molar-refractivity contribution in [3.63, 3.8) is 0 Å². The Kier molecular flexibility index (Phi) is 5.18. The standard InChI is InChI=1S/C19H20N4O3S/c1-24-16-8-12(9-17(25-2)18(16)26-3)15-10-14(22-23(15)19(21)27)11-4-6-13(20)7-5-11/h4-10H,20H2,1-3H3,(H2,21,27). The number of anilines is 1. The normalized spacial score (nSPS) is 10.5. The van der Waals surface area contributed by atoms with Gasteiger partial charge in [-0.2, -0.15) is 5.10 Å².